The number of likely N-dealkylation sites (N-methyl/N-ethyl adjacent to an activating group) is 1. The van der Waals surface area contributed by atoms with Gasteiger partial charge in [-0.1, -0.05) is 12.1 Å². The number of sulfonamides is 1. The van der Waals surface area contributed by atoms with Crippen LogP contribution in [0, 0.1) is 13.8 Å². The molecule has 0 radical (unpaired) electrons. The number of piperazine rings is 1. The van der Waals surface area contributed by atoms with E-state index in [0.29, 0.717) is 44.9 Å². The van der Waals surface area contributed by atoms with Crippen molar-refractivity contribution >= 4 is 15.9 Å². The fourth-order valence-electron chi connectivity index (χ4n) is 3.43. The maximum absolute atomic E-state index is 12.9. The fraction of sp³-hybridized carbons (Fsp3) is 0.409. The summed E-state index contributed by atoms with van der Waals surface area (Å²) in [6.07, 6.45) is 0. The largest absolute Gasteiger partial charge is 0.492 e. The van der Waals surface area contributed by atoms with Crippen LogP contribution in [-0.2, 0) is 10.0 Å². The molecule has 162 valence electrons. The summed E-state index contributed by atoms with van der Waals surface area (Å²) in [5.74, 6) is 0.441. The molecule has 0 unspecified atom stereocenters. The Morgan fingerprint density at radius 1 is 1.03 bits per heavy atom. The van der Waals surface area contributed by atoms with E-state index in [0.717, 1.165) is 16.9 Å². The van der Waals surface area contributed by atoms with Crippen LogP contribution in [0.2, 0.25) is 0 Å². The molecule has 0 aliphatic carbocycles. The third-order valence-electron chi connectivity index (χ3n) is 5.05. The first-order chi connectivity index (χ1) is 14.3. The lowest BCUT2D eigenvalue weighted by Gasteiger charge is -2.31. The normalized spacial score (nSPS) is 15.7. The number of rotatable bonds is 7. The van der Waals surface area contributed by atoms with Gasteiger partial charge >= 0.3 is 0 Å². The Balaban J connectivity index is 1.57. The minimum Gasteiger partial charge on any atom is -0.492 e. The Kier molecular flexibility index (Phi) is 7.12. The number of hydrogen-bond donors (Lipinski definition) is 1. The van der Waals surface area contributed by atoms with E-state index >= 15 is 0 Å². The van der Waals surface area contributed by atoms with Crippen molar-refractivity contribution < 1.29 is 17.9 Å². The SMILES string of the molecule is Cc1cc(C)cc(OCCNC(=O)c2cccc(S(=O)(=O)N3CCN(C)CC3)c2)c1. The second-order valence-electron chi connectivity index (χ2n) is 7.66. The van der Waals surface area contributed by atoms with Gasteiger partial charge in [-0.15, -0.1) is 0 Å². The Bertz CT molecular complexity index is 979. The summed E-state index contributed by atoms with van der Waals surface area (Å²) in [4.78, 5) is 14.7. The molecule has 2 aromatic carbocycles. The van der Waals surface area contributed by atoms with Gasteiger partial charge in [0.15, 0.2) is 0 Å². The third kappa shape index (κ3) is 5.59. The summed E-state index contributed by atoms with van der Waals surface area (Å²) in [5, 5.41) is 2.78. The first kappa shape index (κ1) is 22.3. The van der Waals surface area contributed by atoms with Gasteiger partial charge in [0.05, 0.1) is 11.4 Å². The Hall–Kier alpha value is -2.42. The average molecular weight is 432 g/mol. The van der Waals surface area contributed by atoms with E-state index in [1.165, 1.54) is 16.4 Å². The van der Waals surface area contributed by atoms with Crippen LogP contribution in [0.5, 0.6) is 5.75 Å². The number of aryl methyl sites for hydroxylation is 2. The summed E-state index contributed by atoms with van der Waals surface area (Å²) in [6.45, 7) is 6.95. The molecule has 0 bridgehead atoms. The first-order valence-corrected chi connectivity index (χ1v) is 11.5. The van der Waals surface area contributed by atoms with Gasteiger partial charge in [0.2, 0.25) is 10.0 Å². The highest BCUT2D eigenvalue weighted by Crippen LogP contribution is 2.19. The van der Waals surface area contributed by atoms with Crippen molar-refractivity contribution in [3.63, 3.8) is 0 Å². The predicted molar refractivity (Wildman–Crippen MR) is 116 cm³/mol. The molecule has 30 heavy (non-hydrogen) atoms. The van der Waals surface area contributed by atoms with Crippen molar-refractivity contribution in [1.29, 1.82) is 0 Å². The first-order valence-electron chi connectivity index (χ1n) is 10.0. The van der Waals surface area contributed by atoms with E-state index < -0.39 is 10.0 Å². The number of nitrogens with zero attached hydrogens (tertiary/aromatic N) is 2. The van der Waals surface area contributed by atoms with Crippen LogP contribution in [0.25, 0.3) is 0 Å². The zero-order valence-electron chi connectivity index (χ0n) is 17.7. The average Bonchev–Trinajstić information content (AvgIpc) is 2.71. The molecule has 8 heteroatoms. The molecule has 1 N–H and O–H groups in total. The van der Waals surface area contributed by atoms with Gasteiger partial charge in [0.1, 0.15) is 12.4 Å². The Morgan fingerprint density at radius 3 is 2.37 bits per heavy atom. The standard InChI is InChI=1S/C22H29N3O4S/c1-17-13-18(2)15-20(14-17)29-12-7-23-22(26)19-5-4-6-21(16-19)30(27,28)25-10-8-24(3)9-11-25/h4-6,13-16H,7-12H2,1-3H3,(H,23,26). The molecule has 7 nitrogen and oxygen atoms in total. The number of carbonyl (C=O) groups is 1. The van der Waals surface area contributed by atoms with Crippen LogP contribution >= 0.6 is 0 Å². The monoisotopic (exact) mass is 431 g/mol. The zero-order valence-corrected chi connectivity index (χ0v) is 18.5. The molecule has 1 heterocycles. The molecule has 2 aromatic rings. The number of carbonyl (C=O) groups excluding carboxylic acids is 1. The molecule has 0 atom stereocenters. The van der Waals surface area contributed by atoms with Crippen molar-refractivity contribution in [1.82, 2.24) is 14.5 Å². The van der Waals surface area contributed by atoms with Gasteiger partial charge in [-0.05, 0) is 62.4 Å². The van der Waals surface area contributed by atoms with E-state index in [1.807, 2.05) is 33.0 Å². The van der Waals surface area contributed by atoms with E-state index in [2.05, 4.69) is 16.3 Å². The van der Waals surface area contributed by atoms with Crippen LogP contribution in [0.3, 0.4) is 0 Å². The number of amides is 1. The van der Waals surface area contributed by atoms with Crippen molar-refractivity contribution in [2.75, 3.05) is 46.4 Å². The maximum Gasteiger partial charge on any atom is 0.251 e. The van der Waals surface area contributed by atoms with Gasteiger partial charge in [0, 0.05) is 31.7 Å². The topological polar surface area (TPSA) is 78.9 Å². The highest BCUT2D eigenvalue weighted by atomic mass is 32.2. The molecule has 0 saturated carbocycles. The number of ether oxygens (including phenoxy) is 1. The van der Waals surface area contributed by atoms with E-state index in [-0.39, 0.29) is 10.8 Å². The number of benzene rings is 2. The Labute approximate surface area is 178 Å². The highest BCUT2D eigenvalue weighted by Gasteiger charge is 2.27. The van der Waals surface area contributed by atoms with Crippen molar-refractivity contribution in [2.24, 2.45) is 0 Å². The van der Waals surface area contributed by atoms with Crippen LogP contribution in [0.4, 0.5) is 0 Å². The smallest absolute Gasteiger partial charge is 0.251 e. The minimum absolute atomic E-state index is 0.145. The zero-order chi connectivity index (χ0) is 21.7. The van der Waals surface area contributed by atoms with Gasteiger partial charge in [-0.25, -0.2) is 8.42 Å². The summed E-state index contributed by atoms with van der Waals surface area (Å²) >= 11 is 0. The van der Waals surface area contributed by atoms with Crippen LogP contribution in [-0.4, -0.2) is 69.9 Å². The summed E-state index contributed by atoms with van der Waals surface area (Å²) < 4.78 is 33.0. The van der Waals surface area contributed by atoms with Crippen LogP contribution < -0.4 is 10.1 Å². The number of nitrogens with one attached hydrogen (secondary N) is 1. The highest BCUT2D eigenvalue weighted by molar-refractivity contribution is 7.89. The molecular weight excluding hydrogens is 402 g/mol. The molecule has 0 spiro atoms. The lowest BCUT2D eigenvalue weighted by Crippen LogP contribution is -2.47. The minimum atomic E-state index is -3.61. The van der Waals surface area contributed by atoms with Gasteiger partial charge in [-0.2, -0.15) is 4.31 Å². The molecule has 1 aliphatic heterocycles. The molecule has 1 saturated heterocycles. The van der Waals surface area contributed by atoms with Crippen LogP contribution in [0.1, 0.15) is 21.5 Å². The van der Waals surface area contributed by atoms with E-state index in [9.17, 15) is 13.2 Å². The third-order valence-corrected chi connectivity index (χ3v) is 6.94. The maximum atomic E-state index is 12.9. The second-order valence-corrected chi connectivity index (χ2v) is 9.60. The summed E-state index contributed by atoms with van der Waals surface area (Å²) in [5.41, 5.74) is 2.55. The molecule has 1 aliphatic rings. The Morgan fingerprint density at radius 2 is 1.70 bits per heavy atom. The second kappa shape index (κ2) is 9.59. The van der Waals surface area contributed by atoms with E-state index in [4.69, 9.17) is 4.74 Å². The van der Waals surface area contributed by atoms with E-state index in [1.54, 1.807) is 12.1 Å². The lowest BCUT2D eigenvalue weighted by atomic mass is 10.1. The molecule has 0 aromatic heterocycles. The molecule has 3 rings (SSSR count). The molecule has 1 amide bonds. The lowest BCUT2D eigenvalue weighted by molar-refractivity contribution is 0.0946. The fourth-order valence-corrected chi connectivity index (χ4v) is 4.90. The van der Waals surface area contributed by atoms with Crippen molar-refractivity contribution in [2.45, 2.75) is 18.7 Å². The van der Waals surface area contributed by atoms with Crippen molar-refractivity contribution in [3.8, 4) is 5.75 Å². The van der Waals surface area contributed by atoms with Crippen LogP contribution in [0.15, 0.2) is 47.4 Å². The molecular formula is C22H29N3O4S. The van der Waals surface area contributed by atoms with Crippen molar-refractivity contribution in [3.05, 3.63) is 59.2 Å². The van der Waals surface area contributed by atoms with Gasteiger partial charge in [0.25, 0.3) is 5.91 Å². The summed E-state index contributed by atoms with van der Waals surface area (Å²) in [7, 11) is -1.64. The summed E-state index contributed by atoms with van der Waals surface area (Å²) in [6, 6.07) is 12.1. The molecule has 1 fully saturated rings. The number of hydrogen-bond acceptors (Lipinski definition) is 5. The quantitative estimate of drug-likeness (QED) is 0.679. The van der Waals surface area contributed by atoms with Gasteiger partial charge in [-0.3, -0.25) is 4.79 Å². The predicted octanol–water partition coefficient (Wildman–Crippen LogP) is 2.05. The van der Waals surface area contributed by atoms with Gasteiger partial charge < -0.3 is 15.0 Å².